The monoisotopic (exact) mass is 340 g/mol. The maximum atomic E-state index is 14.5. The standard InChI is InChI=1S/C20H21FN2O2/c1-12(2)11-23-18(10-22)19(15-5-3-4-6-17(15)21)16-9-13(24)7-8-14(16)20(23)25/h3-9,12,24H,10-11,22H2,1-2H3. The molecule has 0 spiro atoms. The van der Waals surface area contributed by atoms with Crippen LogP contribution in [-0.4, -0.2) is 9.67 Å². The number of hydrogen-bond acceptors (Lipinski definition) is 3. The van der Waals surface area contributed by atoms with E-state index in [-0.39, 0.29) is 23.8 Å². The van der Waals surface area contributed by atoms with Gasteiger partial charge >= 0.3 is 0 Å². The molecule has 1 heterocycles. The Balaban J connectivity index is 2.52. The molecule has 0 amide bonds. The number of pyridine rings is 1. The summed E-state index contributed by atoms with van der Waals surface area (Å²) in [7, 11) is 0. The highest BCUT2D eigenvalue weighted by Gasteiger charge is 2.20. The number of hydrogen-bond donors (Lipinski definition) is 2. The number of rotatable bonds is 4. The highest BCUT2D eigenvalue weighted by molar-refractivity contribution is 5.98. The maximum Gasteiger partial charge on any atom is 0.258 e. The zero-order valence-electron chi connectivity index (χ0n) is 14.3. The minimum Gasteiger partial charge on any atom is -0.508 e. The molecule has 1 aromatic heterocycles. The molecule has 130 valence electrons. The Morgan fingerprint density at radius 1 is 1.16 bits per heavy atom. The van der Waals surface area contributed by atoms with Crippen molar-refractivity contribution < 1.29 is 9.50 Å². The van der Waals surface area contributed by atoms with E-state index in [0.717, 1.165) is 0 Å². The molecule has 0 atom stereocenters. The van der Waals surface area contributed by atoms with Crippen molar-refractivity contribution in [2.75, 3.05) is 0 Å². The lowest BCUT2D eigenvalue weighted by Gasteiger charge is -2.21. The van der Waals surface area contributed by atoms with Crippen molar-refractivity contribution in [3.8, 4) is 16.9 Å². The number of aromatic hydroxyl groups is 1. The first-order valence-electron chi connectivity index (χ1n) is 8.27. The second kappa shape index (κ2) is 6.69. The van der Waals surface area contributed by atoms with Gasteiger partial charge in [-0.1, -0.05) is 32.0 Å². The molecule has 3 rings (SSSR count). The fourth-order valence-corrected chi connectivity index (χ4v) is 3.22. The molecule has 0 unspecified atom stereocenters. The van der Waals surface area contributed by atoms with Crippen molar-refractivity contribution in [2.45, 2.75) is 26.9 Å². The van der Waals surface area contributed by atoms with E-state index in [1.165, 1.54) is 18.2 Å². The number of nitrogens with zero attached hydrogens (tertiary/aromatic N) is 1. The molecule has 0 radical (unpaired) electrons. The van der Waals surface area contributed by atoms with Gasteiger partial charge in [-0.05, 0) is 30.2 Å². The lowest BCUT2D eigenvalue weighted by Crippen LogP contribution is -2.28. The first kappa shape index (κ1) is 17.2. The fraction of sp³-hybridized carbons (Fsp3) is 0.250. The van der Waals surface area contributed by atoms with Crippen LogP contribution in [0.4, 0.5) is 4.39 Å². The molecule has 0 saturated carbocycles. The van der Waals surface area contributed by atoms with Crippen molar-refractivity contribution in [2.24, 2.45) is 11.7 Å². The Hall–Kier alpha value is -2.66. The fourth-order valence-electron chi connectivity index (χ4n) is 3.22. The number of phenols is 1. The maximum absolute atomic E-state index is 14.5. The lowest BCUT2D eigenvalue weighted by molar-refractivity contribution is 0.476. The zero-order valence-corrected chi connectivity index (χ0v) is 14.3. The Morgan fingerprint density at radius 3 is 2.52 bits per heavy atom. The van der Waals surface area contributed by atoms with E-state index in [0.29, 0.717) is 34.1 Å². The molecule has 3 aromatic rings. The molecule has 0 aliphatic heterocycles. The van der Waals surface area contributed by atoms with E-state index < -0.39 is 5.82 Å². The SMILES string of the molecule is CC(C)Cn1c(CN)c(-c2ccccc2F)c2cc(O)ccc2c1=O. The Labute approximate surface area is 145 Å². The van der Waals surface area contributed by atoms with E-state index >= 15 is 0 Å². The van der Waals surface area contributed by atoms with Gasteiger partial charge in [-0.15, -0.1) is 0 Å². The van der Waals surface area contributed by atoms with Gasteiger partial charge in [0, 0.05) is 40.7 Å². The van der Waals surface area contributed by atoms with Gasteiger partial charge in [-0.25, -0.2) is 4.39 Å². The molecule has 4 nitrogen and oxygen atoms in total. The van der Waals surface area contributed by atoms with Crippen molar-refractivity contribution in [1.29, 1.82) is 0 Å². The van der Waals surface area contributed by atoms with Gasteiger partial charge in [0.05, 0.1) is 0 Å². The molecule has 2 aromatic carbocycles. The van der Waals surface area contributed by atoms with Crippen LogP contribution in [-0.2, 0) is 13.1 Å². The highest BCUT2D eigenvalue weighted by Crippen LogP contribution is 2.34. The summed E-state index contributed by atoms with van der Waals surface area (Å²) in [5, 5.41) is 10.9. The number of fused-ring (bicyclic) bond motifs is 1. The molecular formula is C20H21FN2O2. The summed E-state index contributed by atoms with van der Waals surface area (Å²) in [5.74, 6) is -0.142. The Kier molecular flexibility index (Phi) is 4.59. The Morgan fingerprint density at radius 2 is 1.88 bits per heavy atom. The summed E-state index contributed by atoms with van der Waals surface area (Å²) in [6.07, 6.45) is 0. The molecule has 0 bridgehead atoms. The van der Waals surface area contributed by atoms with E-state index in [4.69, 9.17) is 5.73 Å². The molecular weight excluding hydrogens is 319 g/mol. The van der Waals surface area contributed by atoms with Gasteiger partial charge < -0.3 is 15.4 Å². The predicted molar refractivity (Wildman–Crippen MR) is 98.0 cm³/mol. The van der Waals surface area contributed by atoms with Gasteiger partial charge in [0.25, 0.3) is 5.56 Å². The van der Waals surface area contributed by atoms with Crippen LogP contribution in [0.1, 0.15) is 19.5 Å². The van der Waals surface area contributed by atoms with Crippen LogP contribution in [0.25, 0.3) is 21.9 Å². The third kappa shape index (κ3) is 3.03. The molecule has 0 fully saturated rings. The number of halogens is 1. The molecule has 0 aliphatic rings. The zero-order chi connectivity index (χ0) is 18.1. The van der Waals surface area contributed by atoms with Gasteiger partial charge in [-0.2, -0.15) is 0 Å². The van der Waals surface area contributed by atoms with Crippen molar-refractivity contribution in [3.05, 3.63) is 64.3 Å². The smallest absolute Gasteiger partial charge is 0.258 e. The van der Waals surface area contributed by atoms with Crippen molar-refractivity contribution >= 4 is 10.8 Å². The number of benzene rings is 2. The van der Waals surface area contributed by atoms with Crippen molar-refractivity contribution in [3.63, 3.8) is 0 Å². The van der Waals surface area contributed by atoms with E-state index in [2.05, 4.69) is 0 Å². The number of aromatic nitrogens is 1. The van der Waals surface area contributed by atoms with Crippen LogP contribution >= 0.6 is 0 Å². The highest BCUT2D eigenvalue weighted by atomic mass is 19.1. The quantitative estimate of drug-likeness (QED) is 0.762. The summed E-state index contributed by atoms with van der Waals surface area (Å²) in [4.78, 5) is 13.0. The largest absolute Gasteiger partial charge is 0.508 e. The Bertz CT molecular complexity index is 993. The van der Waals surface area contributed by atoms with E-state index in [9.17, 15) is 14.3 Å². The first-order chi connectivity index (χ1) is 11.9. The van der Waals surface area contributed by atoms with Crippen LogP contribution in [0, 0.1) is 11.7 Å². The molecule has 5 heteroatoms. The summed E-state index contributed by atoms with van der Waals surface area (Å²) in [6, 6.07) is 10.9. The second-order valence-corrected chi connectivity index (χ2v) is 6.55. The van der Waals surface area contributed by atoms with Crippen LogP contribution in [0.2, 0.25) is 0 Å². The summed E-state index contributed by atoms with van der Waals surface area (Å²) in [6.45, 7) is 4.61. The van der Waals surface area contributed by atoms with Gasteiger partial charge in [0.15, 0.2) is 0 Å². The summed E-state index contributed by atoms with van der Waals surface area (Å²) in [5.41, 5.74) is 7.30. The molecule has 3 N–H and O–H groups in total. The number of nitrogens with two attached hydrogens (primary N) is 1. The average molecular weight is 340 g/mol. The second-order valence-electron chi connectivity index (χ2n) is 6.55. The van der Waals surface area contributed by atoms with Gasteiger partial charge in [-0.3, -0.25) is 4.79 Å². The average Bonchev–Trinajstić information content (AvgIpc) is 2.57. The molecule has 0 aliphatic carbocycles. The van der Waals surface area contributed by atoms with Crippen LogP contribution < -0.4 is 11.3 Å². The number of phenolic OH excluding ortho intramolecular Hbond substituents is 1. The summed E-state index contributed by atoms with van der Waals surface area (Å²) >= 11 is 0. The summed E-state index contributed by atoms with van der Waals surface area (Å²) < 4.78 is 16.2. The minimum atomic E-state index is -0.392. The minimum absolute atomic E-state index is 0.0223. The predicted octanol–water partition coefficient (Wildman–Crippen LogP) is 3.63. The van der Waals surface area contributed by atoms with Gasteiger partial charge in [0.2, 0.25) is 0 Å². The van der Waals surface area contributed by atoms with Crippen molar-refractivity contribution in [1.82, 2.24) is 4.57 Å². The van der Waals surface area contributed by atoms with Crippen LogP contribution in [0.15, 0.2) is 47.3 Å². The first-order valence-corrected chi connectivity index (χ1v) is 8.27. The van der Waals surface area contributed by atoms with Crippen LogP contribution in [0.3, 0.4) is 0 Å². The molecule has 0 saturated heterocycles. The lowest BCUT2D eigenvalue weighted by atomic mass is 9.95. The third-order valence-corrected chi connectivity index (χ3v) is 4.25. The topological polar surface area (TPSA) is 68.2 Å². The van der Waals surface area contributed by atoms with E-state index in [1.54, 1.807) is 28.8 Å². The van der Waals surface area contributed by atoms with Gasteiger partial charge in [0.1, 0.15) is 11.6 Å². The molecule has 25 heavy (non-hydrogen) atoms. The normalized spacial score (nSPS) is 11.4. The van der Waals surface area contributed by atoms with Crippen LogP contribution in [0.5, 0.6) is 5.75 Å². The third-order valence-electron chi connectivity index (χ3n) is 4.25. The van der Waals surface area contributed by atoms with E-state index in [1.807, 2.05) is 13.8 Å².